The summed E-state index contributed by atoms with van der Waals surface area (Å²) < 4.78 is 0. The lowest BCUT2D eigenvalue weighted by Gasteiger charge is -2.38. The highest BCUT2D eigenvalue weighted by molar-refractivity contribution is 6.33. The third-order valence-electron chi connectivity index (χ3n) is 4.70. The van der Waals surface area contributed by atoms with E-state index in [1.54, 1.807) is 12.3 Å². The summed E-state index contributed by atoms with van der Waals surface area (Å²) in [5.41, 5.74) is 2.55. The van der Waals surface area contributed by atoms with Gasteiger partial charge in [0, 0.05) is 17.7 Å². The van der Waals surface area contributed by atoms with Crippen molar-refractivity contribution in [1.29, 1.82) is 0 Å². The van der Waals surface area contributed by atoms with Crippen LogP contribution in [-0.2, 0) is 0 Å². The van der Waals surface area contributed by atoms with E-state index in [1.165, 1.54) is 6.07 Å². The molecule has 0 radical (unpaired) electrons. The van der Waals surface area contributed by atoms with Gasteiger partial charge in [-0.05, 0) is 36.1 Å². The van der Waals surface area contributed by atoms with Gasteiger partial charge in [-0.1, -0.05) is 35.9 Å². The number of carbonyl (C=O) groups excluding carboxylic acids is 1. The average molecular weight is 326 g/mol. The summed E-state index contributed by atoms with van der Waals surface area (Å²) in [5, 5.41) is 15.4. The lowest BCUT2D eigenvalue weighted by Crippen LogP contribution is -2.33. The zero-order chi connectivity index (χ0) is 16.0. The van der Waals surface area contributed by atoms with Crippen LogP contribution < -0.4 is 10.4 Å². The number of carbonyl (C=O) groups is 1. The van der Waals surface area contributed by atoms with Gasteiger partial charge < -0.3 is 15.2 Å². The van der Waals surface area contributed by atoms with Gasteiger partial charge in [-0.3, -0.25) is 4.98 Å². The summed E-state index contributed by atoms with van der Waals surface area (Å²) in [6, 6.07) is 8.95. The van der Waals surface area contributed by atoms with Crippen LogP contribution in [0.2, 0.25) is 5.02 Å². The van der Waals surface area contributed by atoms with Gasteiger partial charge in [0.2, 0.25) is 0 Å². The van der Waals surface area contributed by atoms with E-state index in [2.05, 4.69) is 22.5 Å². The highest BCUT2D eigenvalue weighted by Crippen LogP contribution is 2.52. The van der Waals surface area contributed by atoms with Gasteiger partial charge in [0.25, 0.3) is 0 Å². The van der Waals surface area contributed by atoms with Crippen LogP contribution in [0.25, 0.3) is 0 Å². The number of rotatable bonds is 2. The molecule has 2 heterocycles. The monoisotopic (exact) mass is 325 g/mol. The van der Waals surface area contributed by atoms with Gasteiger partial charge in [-0.25, -0.2) is 0 Å². The number of aromatic nitrogens is 1. The number of benzene rings is 1. The predicted octanol–water partition coefficient (Wildman–Crippen LogP) is 2.92. The third-order valence-corrected chi connectivity index (χ3v) is 5.01. The lowest BCUT2D eigenvalue weighted by atomic mass is 9.76. The van der Waals surface area contributed by atoms with Crippen molar-refractivity contribution in [3.05, 3.63) is 70.5 Å². The molecule has 23 heavy (non-hydrogen) atoms. The SMILES string of the molecule is O=C([O-])c1ccc(Cl)c2c1[C@H]1C=CC[C@@H]1[C@H](c1ccccn1)N2. The second kappa shape index (κ2) is 5.39. The van der Waals surface area contributed by atoms with Crippen LogP contribution in [0, 0.1) is 5.92 Å². The van der Waals surface area contributed by atoms with Gasteiger partial charge in [-0.15, -0.1) is 0 Å². The maximum atomic E-state index is 11.5. The Morgan fingerprint density at radius 3 is 2.91 bits per heavy atom. The molecule has 1 aliphatic carbocycles. The summed E-state index contributed by atoms with van der Waals surface area (Å²) in [6.07, 6.45) is 6.81. The van der Waals surface area contributed by atoms with E-state index in [-0.39, 0.29) is 23.4 Å². The topological polar surface area (TPSA) is 65.0 Å². The molecule has 0 fully saturated rings. The molecule has 4 rings (SSSR count). The van der Waals surface area contributed by atoms with E-state index in [1.807, 2.05) is 18.2 Å². The summed E-state index contributed by atoms with van der Waals surface area (Å²) >= 11 is 6.34. The Kier molecular flexibility index (Phi) is 3.34. The summed E-state index contributed by atoms with van der Waals surface area (Å²) in [6.45, 7) is 0. The molecule has 0 spiro atoms. The molecular formula is C18H14ClN2O2-. The van der Waals surface area contributed by atoms with Gasteiger partial charge >= 0.3 is 0 Å². The molecule has 0 saturated carbocycles. The molecule has 4 nitrogen and oxygen atoms in total. The normalized spacial score (nSPS) is 24.7. The number of fused-ring (bicyclic) bond motifs is 3. The Labute approximate surface area is 138 Å². The van der Waals surface area contributed by atoms with E-state index >= 15 is 0 Å². The number of carboxylic acid groups (broad SMARTS) is 1. The number of allylic oxidation sites excluding steroid dienone is 2. The molecular weight excluding hydrogens is 312 g/mol. The lowest BCUT2D eigenvalue weighted by molar-refractivity contribution is -0.255. The largest absolute Gasteiger partial charge is 0.545 e. The Hall–Kier alpha value is -2.33. The zero-order valence-corrected chi connectivity index (χ0v) is 13.0. The molecule has 2 aliphatic rings. The minimum absolute atomic E-state index is 0.00166. The van der Waals surface area contributed by atoms with Gasteiger partial charge in [0.15, 0.2) is 0 Å². The van der Waals surface area contributed by atoms with Crippen molar-refractivity contribution in [2.24, 2.45) is 5.92 Å². The highest BCUT2D eigenvalue weighted by atomic mass is 35.5. The van der Waals surface area contributed by atoms with Crippen LogP contribution in [-0.4, -0.2) is 11.0 Å². The Balaban J connectivity index is 1.89. The van der Waals surface area contributed by atoms with Crippen molar-refractivity contribution < 1.29 is 9.90 Å². The number of hydrogen-bond acceptors (Lipinski definition) is 4. The molecule has 1 aromatic carbocycles. The van der Waals surface area contributed by atoms with E-state index in [9.17, 15) is 9.90 Å². The molecule has 0 saturated heterocycles. The highest BCUT2D eigenvalue weighted by Gasteiger charge is 2.40. The molecule has 3 atom stereocenters. The molecule has 0 amide bonds. The summed E-state index contributed by atoms with van der Waals surface area (Å²) in [4.78, 5) is 16.0. The van der Waals surface area contributed by atoms with Crippen molar-refractivity contribution in [3.63, 3.8) is 0 Å². The number of pyridine rings is 1. The fraction of sp³-hybridized carbons (Fsp3) is 0.222. The standard InChI is InChI=1S/C18H15ClN2O2/c19-13-8-7-12(18(22)23)15-10-4-3-5-11(10)16(21-17(13)15)14-6-1-2-9-20-14/h1-4,6-11,16,21H,5H2,(H,22,23)/p-1/t10-,11-,16+/m0/s1. The van der Waals surface area contributed by atoms with Crippen molar-refractivity contribution in [2.45, 2.75) is 18.4 Å². The number of nitrogens with zero attached hydrogens (tertiary/aromatic N) is 1. The molecule has 1 aromatic heterocycles. The first kappa shape index (κ1) is 14.3. The maximum Gasteiger partial charge on any atom is 0.0725 e. The van der Waals surface area contributed by atoms with E-state index in [0.717, 1.165) is 17.7 Å². The summed E-state index contributed by atoms with van der Waals surface area (Å²) in [5.74, 6) is -0.950. The van der Waals surface area contributed by atoms with E-state index < -0.39 is 5.97 Å². The number of carboxylic acids is 1. The third kappa shape index (κ3) is 2.21. The van der Waals surface area contributed by atoms with Crippen molar-refractivity contribution in [3.8, 4) is 0 Å². The second-order valence-corrected chi connectivity index (χ2v) is 6.31. The predicted molar refractivity (Wildman–Crippen MR) is 86.4 cm³/mol. The van der Waals surface area contributed by atoms with Crippen LogP contribution in [0.15, 0.2) is 48.7 Å². The van der Waals surface area contributed by atoms with Gasteiger partial charge in [-0.2, -0.15) is 0 Å². The van der Waals surface area contributed by atoms with Crippen LogP contribution in [0.1, 0.15) is 40.0 Å². The van der Waals surface area contributed by atoms with Crippen LogP contribution in [0.5, 0.6) is 0 Å². The molecule has 5 heteroatoms. The van der Waals surface area contributed by atoms with Crippen LogP contribution in [0.4, 0.5) is 5.69 Å². The first-order valence-corrected chi connectivity index (χ1v) is 7.92. The molecule has 0 bridgehead atoms. The number of hydrogen-bond donors (Lipinski definition) is 1. The first-order chi connectivity index (χ1) is 11.2. The number of nitrogens with one attached hydrogen (secondary N) is 1. The van der Waals surface area contributed by atoms with E-state index in [0.29, 0.717) is 10.7 Å². The number of halogens is 1. The summed E-state index contributed by atoms with van der Waals surface area (Å²) in [7, 11) is 0. The molecule has 2 aromatic rings. The second-order valence-electron chi connectivity index (χ2n) is 5.90. The average Bonchev–Trinajstić information content (AvgIpc) is 3.05. The van der Waals surface area contributed by atoms with Crippen LogP contribution >= 0.6 is 11.6 Å². The molecule has 116 valence electrons. The van der Waals surface area contributed by atoms with Crippen molar-refractivity contribution in [1.82, 2.24) is 4.98 Å². The molecule has 1 N–H and O–H groups in total. The molecule has 0 unspecified atom stereocenters. The van der Waals surface area contributed by atoms with E-state index in [4.69, 9.17) is 11.6 Å². The van der Waals surface area contributed by atoms with Crippen LogP contribution in [0.3, 0.4) is 0 Å². The first-order valence-electron chi connectivity index (χ1n) is 7.54. The fourth-order valence-corrected chi connectivity index (χ4v) is 3.92. The van der Waals surface area contributed by atoms with Crippen molar-refractivity contribution in [2.75, 3.05) is 5.32 Å². The van der Waals surface area contributed by atoms with Gasteiger partial charge in [0.1, 0.15) is 0 Å². The van der Waals surface area contributed by atoms with Crippen molar-refractivity contribution >= 4 is 23.3 Å². The Bertz CT molecular complexity index is 804. The van der Waals surface area contributed by atoms with Gasteiger partial charge in [0.05, 0.1) is 28.4 Å². The minimum Gasteiger partial charge on any atom is -0.545 e. The zero-order valence-electron chi connectivity index (χ0n) is 12.2. The quantitative estimate of drug-likeness (QED) is 0.862. The smallest absolute Gasteiger partial charge is 0.0725 e. The number of aromatic carboxylic acids is 1. The number of anilines is 1. The molecule has 1 aliphatic heterocycles. The Morgan fingerprint density at radius 2 is 2.17 bits per heavy atom. The maximum absolute atomic E-state index is 11.5. The Morgan fingerprint density at radius 1 is 1.30 bits per heavy atom. The minimum atomic E-state index is -1.17. The fourth-order valence-electron chi connectivity index (χ4n) is 3.70.